The van der Waals surface area contributed by atoms with Gasteiger partial charge in [0, 0.05) is 18.5 Å². The normalized spacial score (nSPS) is 11.7. The maximum Gasteiger partial charge on any atom is 0.283 e. The fourth-order valence-electron chi connectivity index (χ4n) is 2.12. The third-order valence-corrected chi connectivity index (χ3v) is 4.96. The largest absolute Gasteiger partial charge is 0.396 e. The summed E-state index contributed by atoms with van der Waals surface area (Å²) < 4.78 is 1.99. The number of anilines is 1. The monoisotopic (exact) mass is 359 g/mol. The van der Waals surface area contributed by atoms with Gasteiger partial charge in [0.25, 0.3) is 5.56 Å². The summed E-state index contributed by atoms with van der Waals surface area (Å²) in [4.78, 5) is 12.2. The molecule has 1 rings (SSSR count). The van der Waals surface area contributed by atoms with Gasteiger partial charge in [0.1, 0.15) is 4.47 Å². The maximum absolute atomic E-state index is 12.2. The zero-order valence-corrected chi connectivity index (χ0v) is 14.7. The number of hydrogen-bond acceptors (Lipinski definition) is 4. The van der Waals surface area contributed by atoms with Crippen LogP contribution in [0, 0.1) is 5.41 Å². The summed E-state index contributed by atoms with van der Waals surface area (Å²) >= 11 is 3.36. The molecule has 0 unspecified atom stereocenters. The molecule has 0 aliphatic heterocycles. The van der Waals surface area contributed by atoms with Gasteiger partial charge in [-0.15, -0.1) is 0 Å². The van der Waals surface area contributed by atoms with E-state index in [4.69, 9.17) is 0 Å². The molecule has 2 N–H and O–H groups in total. The molecular weight excluding hydrogens is 334 g/mol. The number of nitrogens with zero attached hydrogens (tertiary/aromatic N) is 2. The number of aryl methyl sites for hydroxylation is 1. The van der Waals surface area contributed by atoms with E-state index < -0.39 is 0 Å². The van der Waals surface area contributed by atoms with E-state index in [1.165, 1.54) is 4.68 Å². The topological polar surface area (TPSA) is 67.2 Å². The van der Waals surface area contributed by atoms with Crippen molar-refractivity contribution in [2.45, 2.75) is 53.0 Å². The molecule has 0 atom stereocenters. The van der Waals surface area contributed by atoms with Gasteiger partial charge in [-0.3, -0.25) is 4.79 Å². The standard InChI is InChI=1S/C15H26BrN3O2/c1-4-7-8-19-14(21)13(16)12(9-18-19)17-10-15(5-2,6-3)11-20/h9,17,20H,4-8,10-11H2,1-3H3. The number of aliphatic hydroxyl groups excluding tert-OH is 1. The smallest absolute Gasteiger partial charge is 0.283 e. The molecule has 0 aliphatic rings. The van der Waals surface area contributed by atoms with Crippen LogP contribution in [0.15, 0.2) is 15.5 Å². The molecule has 5 nitrogen and oxygen atoms in total. The average Bonchev–Trinajstić information content (AvgIpc) is 2.52. The lowest BCUT2D eigenvalue weighted by Crippen LogP contribution is -2.33. The van der Waals surface area contributed by atoms with E-state index in [1.807, 2.05) is 0 Å². The van der Waals surface area contributed by atoms with Gasteiger partial charge in [0.05, 0.1) is 18.5 Å². The molecule has 120 valence electrons. The highest BCUT2D eigenvalue weighted by Gasteiger charge is 2.25. The summed E-state index contributed by atoms with van der Waals surface area (Å²) in [5.41, 5.74) is 0.416. The van der Waals surface area contributed by atoms with Crippen molar-refractivity contribution in [2.24, 2.45) is 5.41 Å². The zero-order valence-electron chi connectivity index (χ0n) is 13.2. The number of hydrogen-bond donors (Lipinski definition) is 2. The van der Waals surface area contributed by atoms with Gasteiger partial charge in [0.15, 0.2) is 0 Å². The number of unbranched alkanes of at least 4 members (excludes halogenated alkanes) is 1. The fourth-order valence-corrected chi connectivity index (χ4v) is 2.56. The van der Waals surface area contributed by atoms with Gasteiger partial charge in [-0.25, -0.2) is 4.68 Å². The van der Waals surface area contributed by atoms with Gasteiger partial charge in [-0.1, -0.05) is 27.2 Å². The maximum atomic E-state index is 12.2. The summed E-state index contributed by atoms with van der Waals surface area (Å²) in [5.74, 6) is 0. The van der Waals surface area contributed by atoms with Crippen LogP contribution in [0.2, 0.25) is 0 Å². The average molecular weight is 360 g/mol. The van der Waals surface area contributed by atoms with Crippen molar-refractivity contribution in [2.75, 3.05) is 18.5 Å². The van der Waals surface area contributed by atoms with E-state index in [0.29, 0.717) is 23.2 Å². The van der Waals surface area contributed by atoms with Crippen LogP contribution < -0.4 is 10.9 Å². The first kappa shape index (κ1) is 18.2. The highest BCUT2D eigenvalue weighted by atomic mass is 79.9. The molecule has 0 saturated heterocycles. The molecular formula is C15H26BrN3O2. The number of aliphatic hydroxyl groups is 1. The third-order valence-electron chi connectivity index (χ3n) is 4.20. The third kappa shape index (κ3) is 4.54. The number of aromatic nitrogens is 2. The predicted molar refractivity (Wildman–Crippen MR) is 89.7 cm³/mol. The van der Waals surface area contributed by atoms with Crippen LogP contribution in [0.3, 0.4) is 0 Å². The van der Waals surface area contributed by atoms with Crippen LogP contribution >= 0.6 is 15.9 Å². The Bertz CT molecular complexity index is 490. The van der Waals surface area contributed by atoms with E-state index in [2.05, 4.69) is 47.1 Å². The molecule has 1 aromatic heterocycles. The van der Waals surface area contributed by atoms with Crippen LogP contribution in [0.4, 0.5) is 5.69 Å². The second kappa shape index (κ2) is 8.54. The van der Waals surface area contributed by atoms with Crippen molar-refractivity contribution >= 4 is 21.6 Å². The molecule has 0 bridgehead atoms. The van der Waals surface area contributed by atoms with Gasteiger partial charge in [-0.2, -0.15) is 5.10 Å². The lowest BCUT2D eigenvalue weighted by molar-refractivity contribution is 0.127. The second-order valence-corrected chi connectivity index (χ2v) is 6.27. The minimum Gasteiger partial charge on any atom is -0.396 e. The molecule has 0 radical (unpaired) electrons. The molecule has 0 saturated carbocycles. The van der Waals surface area contributed by atoms with E-state index in [0.717, 1.165) is 25.7 Å². The van der Waals surface area contributed by atoms with E-state index in [1.54, 1.807) is 6.20 Å². The van der Waals surface area contributed by atoms with Crippen molar-refractivity contribution in [3.05, 3.63) is 21.0 Å². The van der Waals surface area contributed by atoms with Gasteiger partial charge in [-0.05, 0) is 35.2 Å². The van der Waals surface area contributed by atoms with Crippen LogP contribution in [0.1, 0.15) is 46.5 Å². The molecule has 1 aromatic rings. The molecule has 0 amide bonds. The molecule has 0 spiro atoms. The molecule has 0 aliphatic carbocycles. The number of halogens is 1. The molecule has 0 fully saturated rings. The molecule has 6 heteroatoms. The van der Waals surface area contributed by atoms with Crippen LogP contribution in [-0.4, -0.2) is 28.0 Å². The summed E-state index contributed by atoms with van der Waals surface area (Å²) in [7, 11) is 0. The van der Waals surface area contributed by atoms with Crippen molar-refractivity contribution < 1.29 is 5.11 Å². The van der Waals surface area contributed by atoms with Crippen molar-refractivity contribution in [3.8, 4) is 0 Å². The molecule has 1 heterocycles. The van der Waals surface area contributed by atoms with Crippen molar-refractivity contribution in [1.82, 2.24) is 9.78 Å². The highest BCUT2D eigenvalue weighted by Crippen LogP contribution is 2.27. The van der Waals surface area contributed by atoms with Crippen LogP contribution in [0.25, 0.3) is 0 Å². The molecule has 0 aromatic carbocycles. The number of nitrogens with one attached hydrogen (secondary N) is 1. The predicted octanol–water partition coefficient (Wildman–Crippen LogP) is 3.02. The first-order valence-electron chi connectivity index (χ1n) is 7.64. The van der Waals surface area contributed by atoms with Gasteiger partial charge in [0.2, 0.25) is 0 Å². The number of rotatable bonds is 9. The lowest BCUT2D eigenvalue weighted by Gasteiger charge is -2.30. The van der Waals surface area contributed by atoms with Crippen molar-refractivity contribution in [3.63, 3.8) is 0 Å². The summed E-state index contributed by atoms with van der Waals surface area (Å²) in [5, 5.41) is 17.0. The van der Waals surface area contributed by atoms with E-state index in [-0.39, 0.29) is 17.6 Å². The summed E-state index contributed by atoms with van der Waals surface area (Å²) in [6, 6.07) is 0. The minimum absolute atomic E-state index is 0.115. The highest BCUT2D eigenvalue weighted by molar-refractivity contribution is 9.10. The quantitative estimate of drug-likeness (QED) is 0.710. The Morgan fingerprint density at radius 2 is 2.05 bits per heavy atom. The fraction of sp³-hybridized carbons (Fsp3) is 0.733. The van der Waals surface area contributed by atoms with E-state index >= 15 is 0 Å². The van der Waals surface area contributed by atoms with E-state index in [9.17, 15) is 9.90 Å². The first-order chi connectivity index (χ1) is 10.0. The van der Waals surface area contributed by atoms with Crippen molar-refractivity contribution in [1.29, 1.82) is 0 Å². The van der Waals surface area contributed by atoms with Crippen LogP contribution in [-0.2, 0) is 6.54 Å². The Kier molecular flexibility index (Phi) is 7.39. The second-order valence-electron chi connectivity index (χ2n) is 5.47. The SMILES string of the molecule is CCCCn1ncc(NCC(CC)(CC)CO)c(Br)c1=O. The summed E-state index contributed by atoms with van der Waals surface area (Å²) in [6.07, 6.45) is 5.40. The minimum atomic E-state index is -0.156. The Hall–Kier alpha value is -0.880. The first-order valence-corrected chi connectivity index (χ1v) is 8.43. The van der Waals surface area contributed by atoms with Gasteiger partial charge < -0.3 is 10.4 Å². The van der Waals surface area contributed by atoms with Gasteiger partial charge >= 0.3 is 0 Å². The Labute approximate surface area is 134 Å². The molecule has 21 heavy (non-hydrogen) atoms. The zero-order chi connectivity index (χ0) is 15.9. The van der Waals surface area contributed by atoms with Crippen LogP contribution in [0.5, 0.6) is 0 Å². The summed E-state index contributed by atoms with van der Waals surface area (Å²) in [6.45, 7) is 7.61. The Morgan fingerprint density at radius 1 is 1.38 bits per heavy atom. The lowest BCUT2D eigenvalue weighted by atomic mass is 9.83. The Morgan fingerprint density at radius 3 is 2.57 bits per heavy atom. The Balaban J connectivity index is 2.86.